The summed E-state index contributed by atoms with van der Waals surface area (Å²) >= 11 is 0. The summed E-state index contributed by atoms with van der Waals surface area (Å²) in [7, 11) is 1.50. The third-order valence-electron chi connectivity index (χ3n) is 3.91. The zero-order valence-electron chi connectivity index (χ0n) is 14.2. The molecule has 1 N–H and O–H groups in total. The van der Waals surface area contributed by atoms with Crippen molar-refractivity contribution in [2.45, 2.75) is 51.4 Å². The van der Waals surface area contributed by atoms with Crippen LogP contribution in [-0.4, -0.2) is 25.3 Å². The van der Waals surface area contributed by atoms with Gasteiger partial charge in [-0.3, -0.25) is 0 Å². The van der Waals surface area contributed by atoms with E-state index in [1.807, 2.05) is 0 Å². The van der Waals surface area contributed by atoms with Gasteiger partial charge in [0.25, 0.3) is 0 Å². The fraction of sp³-hybridized carbons (Fsp3) is 0.556. The van der Waals surface area contributed by atoms with Crippen LogP contribution in [0.25, 0.3) is 0 Å². The molecule has 1 radical (unpaired) electrons. The summed E-state index contributed by atoms with van der Waals surface area (Å²) in [4.78, 5) is 9.25. The van der Waals surface area contributed by atoms with Gasteiger partial charge in [-0.2, -0.15) is 42.5 Å². The molecule has 127 valence electrons. The van der Waals surface area contributed by atoms with E-state index in [1.165, 1.54) is 51.4 Å². The molecule has 23 heavy (non-hydrogen) atoms. The number of carboxylic acids is 1. The number of hydrogen-bond acceptors (Lipinski definition) is 3. The van der Waals surface area contributed by atoms with Gasteiger partial charge >= 0.3 is 27.7 Å². The summed E-state index contributed by atoms with van der Waals surface area (Å²) in [5.74, 6) is -0.981. The van der Waals surface area contributed by atoms with Crippen molar-refractivity contribution < 1.29 is 41.8 Å². The summed E-state index contributed by atoms with van der Waals surface area (Å²) in [6, 6.07) is 2.52. The van der Waals surface area contributed by atoms with Crippen molar-refractivity contribution in [3.05, 3.63) is 41.0 Å². The molecule has 0 amide bonds. The standard InChI is InChI=1S/C13H17.C3H4O2.2CH3O.Ti/c1-3-7-12-10(5-1)9-11-6-2-4-8-13(11)12;1-2-3(4)5;2*1-2;/h9H,1-8H2;2H,1H2,(H,4,5);2*1H3;/q-1;;2*-1;+3. The Balaban J connectivity index is 0. The molecule has 1 aromatic carbocycles. The van der Waals surface area contributed by atoms with E-state index in [0.29, 0.717) is 0 Å². The van der Waals surface area contributed by atoms with Crippen LogP contribution in [0.3, 0.4) is 0 Å². The minimum atomic E-state index is -0.981. The largest absolute Gasteiger partial charge is 3.00 e. The SMILES string of the molecule is C=CC(=O)O.C[O-].C[O-].[Ti+3].[cH-]1c2c(c3c1CCCC3)CCCC2. The number of carboxylic acid groups (broad SMARTS) is 1. The summed E-state index contributed by atoms with van der Waals surface area (Å²) in [6.45, 7) is 2.96. The Labute approximate surface area is 154 Å². The molecule has 0 saturated heterocycles. The van der Waals surface area contributed by atoms with E-state index in [9.17, 15) is 4.79 Å². The van der Waals surface area contributed by atoms with Crippen molar-refractivity contribution in [3.8, 4) is 0 Å². The molecule has 0 aromatic heterocycles. The Morgan fingerprint density at radius 1 is 0.957 bits per heavy atom. The van der Waals surface area contributed by atoms with Crippen molar-refractivity contribution in [3.63, 3.8) is 0 Å². The molecule has 0 aliphatic heterocycles. The predicted octanol–water partition coefficient (Wildman–Crippen LogP) is 1.37. The van der Waals surface area contributed by atoms with Gasteiger partial charge < -0.3 is 15.3 Å². The fourth-order valence-corrected chi connectivity index (χ4v) is 3.08. The first-order chi connectivity index (χ1) is 10.7. The number of fused-ring (bicyclic) bond motifs is 3. The number of carbonyl (C=O) groups is 1. The second kappa shape index (κ2) is 14.8. The Morgan fingerprint density at radius 2 is 1.26 bits per heavy atom. The second-order valence-corrected chi connectivity index (χ2v) is 5.11. The van der Waals surface area contributed by atoms with Crippen LogP contribution >= 0.6 is 0 Å². The number of rotatable bonds is 1. The van der Waals surface area contributed by atoms with Gasteiger partial charge in [0.05, 0.1) is 0 Å². The van der Waals surface area contributed by atoms with E-state index in [-0.39, 0.29) is 21.7 Å². The molecule has 2 aliphatic rings. The zero-order chi connectivity index (χ0) is 17.0. The molecule has 0 saturated carbocycles. The van der Waals surface area contributed by atoms with Gasteiger partial charge in [-0.05, 0) is 0 Å². The number of hydrogen-bond donors (Lipinski definition) is 1. The third kappa shape index (κ3) is 8.02. The molecule has 4 nitrogen and oxygen atoms in total. The minimum Gasteiger partial charge on any atom is -0.857 e. The Morgan fingerprint density at radius 3 is 1.57 bits per heavy atom. The maximum atomic E-state index is 9.25. The van der Waals surface area contributed by atoms with Gasteiger partial charge in [0.15, 0.2) is 0 Å². The summed E-state index contributed by atoms with van der Waals surface area (Å²) in [5.41, 5.74) is 6.94. The van der Waals surface area contributed by atoms with Gasteiger partial charge in [-0.1, -0.05) is 57.9 Å². The van der Waals surface area contributed by atoms with Gasteiger partial charge in [0.1, 0.15) is 0 Å². The monoisotopic (exact) mass is 355 g/mol. The van der Waals surface area contributed by atoms with Crippen molar-refractivity contribution in [1.82, 2.24) is 0 Å². The van der Waals surface area contributed by atoms with Crippen molar-refractivity contribution in [2.75, 3.05) is 14.2 Å². The number of aryl methyl sites for hydroxylation is 2. The van der Waals surface area contributed by atoms with Gasteiger partial charge in [-0.25, -0.2) is 4.79 Å². The fourth-order valence-electron chi connectivity index (χ4n) is 3.08. The molecular weight excluding hydrogens is 328 g/mol. The van der Waals surface area contributed by atoms with Crippen LogP contribution in [0.4, 0.5) is 0 Å². The third-order valence-corrected chi connectivity index (χ3v) is 3.91. The number of aliphatic carboxylic acids is 1. The maximum absolute atomic E-state index is 9.25. The topological polar surface area (TPSA) is 83.4 Å². The van der Waals surface area contributed by atoms with Crippen molar-refractivity contribution in [2.24, 2.45) is 0 Å². The second-order valence-electron chi connectivity index (χ2n) is 5.11. The molecule has 2 aliphatic carbocycles. The molecule has 0 heterocycles. The normalized spacial score (nSPS) is 13.7. The molecular formula is C18H27O4Ti. The van der Waals surface area contributed by atoms with E-state index in [2.05, 4.69) is 12.6 Å². The molecule has 0 unspecified atom stereocenters. The minimum absolute atomic E-state index is 0. The van der Waals surface area contributed by atoms with Crippen molar-refractivity contribution >= 4 is 5.97 Å². The van der Waals surface area contributed by atoms with E-state index < -0.39 is 5.97 Å². The average molecular weight is 355 g/mol. The predicted molar refractivity (Wildman–Crippen MR) is 85.0 cm³/mol. The van der Waals surface area contributed by atoms with E-state index in [4.69, 9.17) is 15.3 Å². The Kier molecular flexibility index (Phi) is 15.7. The maximum Gasteiger partial charge on any atom is 3.00 e. The quantitative estimate of drug-likeness (QED) is 0.469. The van der Waals surface area contributed by atoms with Gasteiger partial charge in [0.2, 0.25) is 0 Å². The first-order valence-electron chi connectivity index (χ1n) is 7.68. The molecule has 0 bridgehead atoms. The van der Waals surface area contributed by atoms with E-state index in [1.54, 1.807) is 22.3 Å². The van der Waals surface area contributed by atoms with Crippen LogP contribution in [0.1, 0.15) is 47.9 Å². The zero-order valence-corrected chi connectivity index (χ0v) is 15.8. The molecule has 0 fully saturated rings. The first-order valence-corrected chi connectivity index (χ1v) is 7.68. The van der Waals surface area contributed by atoms with Gasteiger partial charge in [0, 0.05) is 6.08 Å². The molecule has 1 aromatic rings. The molecule has 3 rings (SSSR count). The first kappa shape index (κ1) is 24.4. The van der Waals surface area contributed by atoms with Crippen LogP contribution in [0, 0.1) is 0 Å². The van der Waals surface area contributed by atoms with Crippen LogP contribution in [0.2, 0.25) is 0 Å². The smallest absolute Gasteiger partial charge is 0.857 e. The Bertz CT molecular complexity index is 422. The summed E-state index contributed by atoms with van der Waals surface area (Å²) in [6.07, 6.45) is 12.0. The van der Waals surface area contributed by atoms with E-state index in [0.717, 1.165) is 20.3 Å². The van der Waals surface area contributed by atoms with Gasteiger partial charge in [-0.15, -0.1) is 0 Å². The average Bonchev–Trinajstić information content (AvgIpc) is 2.97. The Hall–Kier alpha value is -0.806. The molecule has 0 spiro atoms. The summed E-state index contributed by atoms with van der Waals surface area (Å²) in [5, 5.41) is 24.1. The van der Waals surface area contributed by atoms with Crippen LogP contribution < -0.4 is 10.2 Å². The van der Waals surface area contributed by atoms with Crippen LogP contribution in [0.15, 0.2) is 18.7 Å². The summed E-state index contributed by atoms with van der Waals surface area (Å²) < 4.78 is 0. The van der Waals surface area contributed by atoms with Crippen LogP contribution in [-0.2, 0) is 52.2 Å². The molecule has 5 heteroatoms. The van der Waals surface area contributed by atoms with E-state index >= 15 is 0 Å². The van der Waals surface area contributed by atoms with Crippen molar-refractivity contribution in [1.29, 1.82) is 0 Å². The molecule has 0 atom stereocenters. The van der Waals surface area contributed by atoms with Crippen LogP contribution in [0.5, 0.6) is 0 Å².